The van der Waals surface area contributed by atoms with E-state index in [0.29, 0.717) is 73.7 Å². The maximum atomic E-state index is 13.2. The Hall–Kier alpha value is -2.83. The average molecular weight is 614 g/mol. The minimum atomic E-state index is -4.12. The molecule has 2 aromatic heterocycles. The number of carbonyl (C=O) groups is 1. The van der Waals surface area contributed by atoms with Crippen molar-refractivity contribution in [3.8, 4) is 17.0 Å². The van der Waals surface area contributed by atoms with Gasteiger partial charge in [0.05, 0.1) is 29.5 Å². The lowest BCUT2D eigenvalue weighted by atomic mass is 9.81. The molecule has 0 saturated heterocycles. The molecule has 0 spiro atoms. The van der Waals surface area contributed by atoms with Gasteiger partial charge in [-0.3, -0.25) is 9.48 Å². The number of nitrogens with zero attached hydrogens (tertiary/aromatic N) is 3. The molecule has 2 heterocycles. The molecule has 0 unspecified atom stereocenters. The summed E-state index contributed by atoms with van der Waals surface area (Å²) in [5.74, 6) is 0.000933. The van der Waals surface area contributed by atoms with E-state index in [2.05, 4.69) is 20.7 Å². The Morgan fingerprint density at radius 1 is 1.07 bits per heavy atom. The van der Waals surface area contributed by atoms with Gasteiger partial charge >= 0.3 is 6.18 Å². The maximum absolute atomic E-state index is 13.2. The number of aromatic nitrogens is 3. The van der Waals surface area contributed by atoms with E-state index in [1.165, 1.54) is 6.26 Å². The Morgan fingerprint density at radius 2 is 1.69 bits per heavy atom. The molecule has 13 heteroatoms. The van der Waals surface area contributed by atoms with Crippen molar-refractivity contribution in [1.29, 1.82) is 0 Å². The van der Waals surface area contributed by atoms with Gasteiger partial charge in [0.1, 0.15) is 21.4 Å². The van der Waals surface area contributed by atoms with Gasteiger partial charge in [-0.05, 0) is 77.0 Å². The number of nitrogens with one attached hydrogen (secondary N) is 2. The predicted molar refractivity (Wildman–Crippen MR) is 155 cm³/mol. The molecule has 2 aliphatic carbocycles. The molecule has 2 fully saturated rings. The molecular weight excluding hydrogens is 571 g/mol. The summed E-state index contributed by atoms with van der Waals surface area (Å²) in [6.07, 6.45) is 2.93. The summed E-state index contributed by atoms with van der Waals surface area (Å²) < 4.78 is 70.0. The van der Waals surface area contributed by atoms with Crippen molar-refractivity contribution in [1.82, 2.24) is 20.1 Å². The van der Waals surface area contributed by atoms with Gasteiger partial charge in [0, 0.05) is 43.7 Å². The number of ether oxygens (including phenoxy) is 1. The lowest BCUT2D eigenvalue weighted by Crippen LogP contribution is -2.34. The summed E-state index contributed by atoms with van der Waals surface area (Å²) in [5, 5.41) is 10.5. The number of carbonyl (C=O) groups excluding carboxylic acids is 1. The third kappa shape index (κ3) is 7.57. The third-order valence-electron chi connectivity index (χ3n) is 8.88. The highest BCUT2D eigenvalue weighted by atomic mass is 32.2. The van der Waals surface area contributed by atoms with Crippen molar-refractivity contribution in [2.75, 3.05) is 31.8 Å². The van der Waals surface area contributed by atoms with Crippen molar-refractivity contribution < 1.29 is 31.1 Å². The van der Waals surface area contributed by atoms with E-state index in [9.17, 15) is 26.4 Å². The largest absolute Gasteiger partial charge is 0.496 e. The van der Waals surface area contributed by atoms with Gasteiger partial charge in [0.25, 0.3) is 5.91 Å². The quantitative estimate of drug-likeness (QED) is 0.369. The zero-order valence-corrected chi connectivity index (χ0v) is 25.6. The first-order chi connectivity index (χ1) is 19.8. The second kappa shape index (κ2) is 13.2. The molecule has 2 saturated carbocycles. The van der Waals surface area contributed by atoms with Crippen LogP contribution in [0.15, 0.2) is 12.3 Å². The Balaban J connectivity index is 1.40. The minimum Gasteiger partial charge on any atom is -0.496 e. The second-order valence-electron chi connectivity index (χ2n) is 11.7. The van der Waals surface area contributed by atoms with Gasteiger partial charge in [0.15, 0.2) is 5.69 Å². The van der Waals surface area contributed by atoms with Gasteiger partial charge in [-0.1, -0.05) is 0 Å². The lowest BCUT2D eigenvalue weighted by molar-refractivity contribution is -0.183. The van der Waals surface area contributed by atoms with Crippen LogP contribution in [-0.2, 0) is 16.4 Å². The Kier molecular flexibility index (Phi) is 10.1. The molecular formula is C29H42F3N5O4S. The number of amides is 1. The molecule has 4 rings (SSSR count). The number of pyridine rings is 1. The highest BCUT2D eigenvalue weighted by Crippen LogP contribution is 2.40. The van der Waals surface area contributed by atoms with Gasteiger partial charge in [-0.2, -0.15) is 18.3 Å². The fourth-order valence-electron chi connectivity index (χ4n) is 6.25. The highest BCUT2D eigenvalue weighted by Gasteiger charge is 2.41. The van der Waals surface area contributed by atoms with Crippen LogP contribution in [0.1, 0.15) is 74.3 Å². The SMILES string of the molecule is CCn1nc(C(=O)NCC2CCC(S(C)(=O)=O)CC2)c(C)c1-c1cnc(NC[C@H]2CC[C@@H](C(F)(F)F)CC2)cc1OC. The molecule has 234 valence electrons. The van der Waals surface area contributed by atoms with Crippen LogP contribution in [0.4, 0.5) is 19.0 Å². The molecule has 0 aliphatic heterocycles. The van der Waals surface area contributed by atoms with Gasteiger partial charge < -0.3 is 15.4 Å². The Morgan fingerprint density at radius 3 is 2.26 bits per heavy atom. The number of methoxy groups -OCH3 is 1. The standard InChI is InChI=1S/C29H42F3N5O4S/c1-5-37-27(18(2)26(36-37)28(38)35-16-20-8-12-22(13-9-20)42(4,39)40)23-17-34-25(14-24(23)41-3)33-15-19-6-10-21(11-7-19)29(30,31)32/h14,17,19-22H,5-13,15-16H2,1-4H3,(H,33,34)(H,35,38)/t19-,20?,21+,22?. The van der Waals surface area contributed by atoms with Crippen LogP contribution in [0.3, 0.4) is 0 Å². The average Bonchev–Trinajstić information content (AvgIpc) is 3.30. The van der Waals surface area contributed by atoms with Crippen LogP contribution in [0, 0.1) is 24.7 Å². The van der Waals surface area contributed by atoms with E-state index in [1.807, 2.05) is 13.8 Å². The van der Waals surface area contributed by atoms with Crippen LogP contribution in [0.2, 0.25) is 0 Å². The molecule has 0 aromatic carbocycles. The smallest absolute Gasteiger partial charge is 0.391 e. The molecule has 0 atom stereocenters. The third-order valence-corrected chi connectivity index (χ3v) is 10.6. The summed E-state index contributed by atoms with van der Waals surface area (Å²) in [7, 11) is -1.49. The number of aryl methyl sites for hydroxylation is 1. The summed E-state index contributed by atoms with van der Waals surface area (Å²) >= 11 is 0. The van der Waals surface area contributed by atoms with Crippen LogP contribution in [-0.4, -0.2) is 67.0 Å². The van der Waals surface area contributed by atoms with Crippen LogP contribution < -0.4 is 15.4 Å². The minimum absolute atomic E-state index is 0.149. The van der Waals surface area contributed by atoms with E-state index in [0.717, 1.165) is 18.5 Å². The van der Waals surface area contributed by atoms with Crippen molar-refractivity contribution in [3.63, 3.8) is 0 Å². The number of rotatable bonds is 10. The monoisotopic (exact) mass is 613 g/mol. The second-order valence-corrected chi connectivity index (χ2v) is 14.1. The van der Waals surface area contributed by atoms with Crippen molar-refractivity contribution >= 4 is 21.6 Å². The molecule has 1 amide bonds. The molecule has 2 aromatic rings. The van der Waals surface area contributed by atoms with Crippen molar-refractivity contribution in [2.24, 2.45) is 17.8 Å². The fourth-order valence-corrected chi connectivity index (χ4v) is 7.37. The van der Waals surface area contributed by atoms with Crippen LogP contribution >= 0.6 is 0 Å². The normalized spacial score (nSPS) is 23.4. The summed E-state index contributed by atoms with van der Waals surface area (Å²) in [4.78, 5) is 17.7. The topological polar surface area (TPSA) is 115 Å². The molecule has 2 N–H and O–H groups in total. The lowest BCUT2D eigenvalue weighted by Gasteiger charge is -2.30. The van der Waals surface area contributed by atoms with Crippen molar-refractivity contribution in [3.05, 3.63) is 23.5 Å². The number of sulfone groups is 1. The predicted octanol–water partition coefficient (Wildman–Crippen LogP) is 5.40. The van der Waals surface area contributed by atoms with Crippen LogP contribution in [0.5, 0.6) is 5.75 Å². The van der Waals surface area contributed by atoms with E-state index in [-0.39, 0.29) is 35.8 Å². The molecule has 2 aliphatic rings. The van der Waals surface area contributed by atoms with E-state index in [1.54, 1.807) is 24.1 Å². The van der Waals surface area contributed by atoms with Crippen LogP contribution in [0.25, 0.3) is 11.3 Å². The van der Waals surface area contributed by atoms with Gasteiger partial charge in [0.2, 0.25) is 0 Å². The summed E-state index contributed by atoms with van der Waals surface area (Å²) in [6.45, 7) is 5.28. The van der Waals surface area contributed by atoms with E-state index < -0.39 is 21.9 Å². The first kappa shape index (κ1) is 32.1. The van der Waals surface area contributed by atoms with Crippen molar-refractivity contribution in [2.45, 2.75) is 83.2 Å². The maximum Gasteiger partial charge on any atom is 0.391 e. The number of anilines is 1. The Bertz CT molecular complexity index is 1350. The van der Waals surface area contributed by atoms with Gasteiger partial charge in [-0.25, -0.2) is 13.4 Å². The molecule has 0 bridgehead atoms. The fraction of sp³-hybridized carbons (Fsp3) is 0.690. The molecule has 9 nitrogen and oxygen atoms in total. The zero-order chi connectivity index (χ0) is 30.7. The zero-order valence-electron chi connectivity index (χ0n) is 24.8. The number of hydrogen-bond acceptors (Lipinski definition) is 7. The first-order valence-corrected chi connectivity index (χ1v) is 16.7. The molecule has 42 heavy (non-hydrogen) atoms. The number of hydrogen-bond donors (Lipinski definition) is 2. The van der Waals surface area contributed by atoms with E-state index in [4.69, 9.17) is 4.74 Å². The number of alkyl halides is 3. The summed E-state index contributed by atoms with van der Waals surface area (Å²) in [5.41, 5.74) is 2.41. The summed E-state index contributed by atoms with van der Waals surface area (Å²) in [6, 6.07) is 1.76. The first-order valence-electron chi connectivity index (χ1n) is 14.7. The highest BCUT2D eigenvalue weighted by molar-refractivity contribution is 7.91. The Labute approximate surface area is 245 Å². The van der Waals surface area contributed by atoms with E-state index >= 15 is 0 Å². The van der Waals surface area contributed by atoms with Gasteiger partial charge in [-0.15, -0.1) is 0 Å². The molecule has 0 radical (unpaired) electrons. The number of halogens is 3.